The molecule has 0 spiro atoms. The Morgan fingerprint density at radius 2 is 2.14 bits per heavy atom. The van der Waals surface area contributed by atoms with Gasteiger partial charge in [0.15, 0.2) is 11.8 Å². The van der Waals surface area contributed by atoms with Crippen molar-refractivity contribution in [2.75, 3.05) is 13.6 Å². The molecule has 2 aliphatic rings. The predicted octanol–water partition coefficient (Wildman–Crippen LogP) is 2.75. The summed E-state index contributed by atoms with van der Waals surface area (Å²) >= 11 is 0. The summed E-state index contributed by atoms with van der Waals surface area (Å²) in [6.07, 6.45) is 3.91. The summed E-state index contributed by atoms with van der Waals surface area (Å²) in [5.74, 6) is 2.98. The highest BCUT2D eigenvalue weighted by atomic mass is 19.1. The van der Waals surface area contributed by atoms with Crippen molar-refractivity contribution >= 4 is 5.96 Å². The largest absolute Gasteiger partial charge is 0.356 e. The number of guanidine groups is 1. The molecule has 150 valence electrons. The first kappa shape index (κ1) is 18.9. The first-order chi connectivity index (χ1) is 13.5. The molecule has 6 nitrogen and oxygen atoms in total. The number of nitrogens with zero attached hydrogens (tertiary/aromatic N) is 4. The van der Waals surface area contributed by atoms with Crippen LogP contribution in [0.3, 0.4) is 0 Å². The standard InChI is InChI=1S/C21H29FN6/c1-14(2)19-26-18-9-8-15(12-28(18)27-19)25-20(23-3)24-13-21(10-11-21)16-6-4-5-7-17(16)22/h4-7,14-15H,8-13H2,1-3H3,(H2,23,24,25). The van der Waals surface area contributed by atoms with Crippen LogP contribution in [-0.4, -0.2) is 40.4 Å². The van der Waals surface area contributed by atoms with Gasteiger partial charge in [-0.1, -0.05) is 32.0 Å². The number of aliphatic imine (C=N–C) groups is 1. The van der Waals surface area contributed by atoms with Crippen LogP contribution in [0, 0.1) is 5.82 Å². The third kappa shape index (κ3) is 3.75. The van der Waals surface area contributed by atoms with Crippen LogP contribution in [0.15, 0.2) is 29.3 Å². The second-order valence-corrected chi connectivity index (χ2v) is 8.29. The minimum atomic E-state index is -0.114. The number of hydrogen-bond acceptors (Lipinski definition) is 3. The van der Waals surface area contributed by atoms with Gasteiger partial charge in [-0.2, -0.15) is 5.10 Å². The summed E-state index contributed by atoms with van der Waals surface area (Å²) in [5, 5.41) is 11.6. The number of hydrogen-bond donors (Lipinski definition) is 2. The number of nitrogens with one attached hydrogen (secondary N) is 2. The number of aromatic nitrogens is 3. The highest BCUT2D eigenvalue weighted by molar-refractivity contribution is 5.80. The Morgan fingerprint density at radius 1 is 1.36 bits per heavy atom. The van der Waals surface area contributed by atoms with E-state index in [9.17, 15) is 4.39 Å². The van der Waals surface area contributed by atoms with Crippen LogP contribution >= 0.6 is 0 Å². The van der Waals surface area contributed by atoms with Crippen molar-refractivity contribution in [1.29, 1.82) is 0 Å². The molecule has 28 heavy (non-hydrogen) atoms. The molecule has 1 aliphatic heterocycles. The van der Waals surface area contributed by atoms with E-state index in [0.29, 0.717) is 12.5 Å². The van der Waals surface area contributed by atoms with E-state index in [1.807, 2.05) is 16.8 Å². The van der Waals surface area contributed by atoms with E-state index in [2.05, 4.69) is 39.6 Å². The molecule has 1 fully saturated rings. The number of benzene rings is 1. The minimum absolute atomic E-state index is 0.110. The summed E-state index contributed by atoms with van der Waals surface area (Å²) in [6.45, 7) is 5.71. The fourth-order valence-corrected chi connectivity index (χ4v) is 3.92. The van der Waals surface area contributed by atoms with Crippen LogP contribution in [0.5, 0.6) is 0 Å². The molecule has 1 saturated carbocycles. The number of rotatable bonds is 5. The molecule has 1 aliphatic carbocycles. The maximum absolute atomic E-state index is 14.2. The molecule has 4 rings (SSSR count). The number of fused-ring (bicyclic) bond motifs is 1. The van der Waals surface area contributed by atoms with Gasteiger partial charge < -0.3 is 10.6 Å². The Morgan fingerprint density at radius 3 is 2.82 bits per heavy atom. The molecule has 1 unspecified atom stereocenters. The normalized spacial score (nSPS) is 20.8. The van der Waals surface area contributed by atoms with E-state index < -0.39 is 0 Å². The van der Waals surface area contributed by atoms with Crippen LogP contribution in [0.2, 0.25) is 0 Å². The van der Waals surface area contributed by atoms with Crippen molar-refractivity contribution in [3.05, 3.63) is 47.3 Å². The van der Waals surface area contributed by atoms with Crippen molar-refractivity contribution in [3.8, 4) is 0 Å². The van der Waals surface area contributed by atoms with Crippen LogP contribution in [-0.2, 0) is 18.4 Å². The summed E-state index contributed by atoms with van der Waals surface area (Å²) in [4.78, 5) is 9.02. The maximum atomic E-state index is 14.2. The highest BCUT2D eigenvalue weighted by Gasteiger charge is 2.45. The number of aryl methyl sites for hydroxylation is 1. The van der Waals surface area contributed by atoms with Gasteiger partial charge in [-0.25, -0.2) is 14.1 Å². The average Bonchev–Trinajstić information content (AvgIpc) is 3.35. The fourth-order valence-electron chi connectivity index (χ4n) is 3.92. The Kier molecular flexibility index (Phi) is 5.08. The number of halogens is 1. The van der Waals surface area contributed by atoms with Gasteiger partial charge in [0.2, 0.25) is 0 Å². The van der Waals surface area contributed by atoms with Crippen LogP contribution in [0.4, 0.5) is 4.39 Å². The smallest absolute Gasteiger partial charge is 0.191 e. The van der Waals surface area contributed by atoms with E-state index in [0.717, 1.165) is 55.4 Å². The summed E-state index contributed by atoms with van der Waals surface area (Å²) in [5.41, 5.74) is 0.699. The van der Waals surface area contributed by atoms with E-state index in [1.54, 1.807) is 19.2 Å². The molecule has 1 atom stereocenters. The lowest BCUT2D eigenvalue weighted by molar-refractivity contribution is 0.391. The third-order valence-electron chi connectivity index (χ3n) is 5.85. The lowest BCUT2D eigenvalue weighted by atomic mass is 9.95. The monoisotopic (exact) mass is 384 g/mol. The molecule has 2 N–H and O–H groups in total. The van der Waals surface area contributed by atoms with Gasteiger partial charge in [0.1, 0.15) is 11.6 Å². The molecule has 0 radical (unpaired) electrons. The van der Waals surface area contributed by atoms with Gasteiger partial charge in [-0.3, -0.25) is 4.99 Å². The molecule has 0 amide bonds. The van der Waals surface area contributed by atoms with E-state index >= 15 is 0 Å². The molecule has 0 bridgehead atoms. The van der Waals surface area contributed by atoms with E-state index in [4.69, 9.17) is 0 Å². The van der Waals surface area contributed by atoms with E-state index in [-0.39, 0.29) is 17.3 Å². The zero-order valence-electron chi connectivity index (χ0n) is 16.9. The van der Waals surface area contributed by atoms with Crippen LogP contribution in [0.1, 0.15) is 56.2 Å². The molecular weight excluding hydrogens is 355 g/mol. The molecule has 0 saturated heterocycles. The quantitative estimate of drug-likeness (QED) is 0.614. The first-order valence-electron chi connectivity index (χ1n) is 10.2. The third-order valence-corrected chi connectivity index (χ3v) is 5.85. The molecular formula is C21H29FN6. The molecule has 1 aromatic carbocycles. The van der Waals surface area contributed by atoms with Crippen LogP contribution < -0.4 is 10.6 Å². The highest BCUT2D eigenvalue weighted by Crippen LogP contribution is 2.48. The topological polar surface area (TPSA) is 67.1 Å². The first-order valence-corrected chi connectivity index (χ1v) is 10.2. The van der Waals surface area contributed by atoms with Gasteiger partial charge in [-0.05, 0) is 30.9 Å². The maximum Gasteiger partial charge on any atom is 0.191 e. The summed E-state index contributed by atoms with van der Waals surface area (Å²) in [6, 6.07) is 7.36. The van der Waals surface area contributed by atoms with Crippen molar-refractivity contribution in [1.82, 2.24) is 25.4 Å². The Bertz CT molecular complexity index is 868. The minimum Gasteiger partial charge on any atom is -0.356 e. The van der Waals surface area contributed by atoms with E-state index in [1.165, 1.54) is 0 Å². The van der Waals surface area contributed by atoms with Gasteiger partial charge in [0.25, 0.3) is 0 Å². The van der Waals surface area contributed by atoms with Crippen molar-refractivity contribution < 1.29 is 4.39 Å². The summed E-state index contributed by atoms with van der Waals surface area (Å²) < 4.78 is 16.2. The van der Waals surface area contributed by atoms with Gasteiger partial charge in [0, 0.05) is 37.4 Å². The van der Waals surface area contributed by atoms with Gasteiger partial charge >= 0.3 is 0 Å². The Balaban J connectivity index is 1.36. The fraction of sp³-hybridized carbons (Fsp3) is 0.571. The average molecular weight is 385 g/mol. The Labute approximate surface area is 165 Å². The van der Waals surface area contributed by atoms with Crippen molar-refractivity contribution in [3.63, 3.8) is 0 Å². The van der Waals surface area contributed by atoms with Gasteiger partial charge in [-0.15, -0.1) is 0 Å². The SMILES string of the molecule is CN=C(NCC1(c2ccccc2F)CC1)NC1CCc2nc(C(C)C)nn2C1. The van der Waals surface area contributed by atoms with Crippen molar-refractivity contribution in [2.24, 2.45) is 4.99 Å². The van der Waals surface area contributed by atoms with Gasteiger partial charge in [0.05, 0.1) is 6.54 Å². The molecule has 2 heterocycles. The Hall–Kier alpha value is -2.44. The van der Waals surface area contributed by atoms with Crippen molar-refractivity contribution in [2.45, 2.75) is 63.5 Å². The zero-order chi connectivity index (χ0) is 19.7. The summed E-state index contributed by atoms with van der Waals surface area (Å²) in [7, 11) is 1.78. The predicted molar refractivity (Wildman–Crippen MR) is 108 cm³/mol. The zero-order valence-corrected chi connectivity index (χ0v) is 16.9. The second-order valence-electron chi connectivity index (χ2n) is 8.29. The van der Waals surface area contributed by atoms with Crippen LogP contribution in [0.25, 0.3) is 0 Å². The second kappa shape index (κ2) is 7.53. The molecule has 2 aromatic rings. The lowest BCUT2D eigenvalue weighted by Crippen LogP contribution is -2.48. The molecule has 7 heteroatoms. The lowest BCUT2D eigenvalue weighted by Gasteiger charge is -2.26. The molecule has 1 aromatic heterocycles.